The minimum absolute atomic E-state index is 0.0494. The Kier molecular flexibility index (Phi) is 6.23. The van der Waals surface area contributed by atoms with E-state index < -0.39 is 0 Å². The highest BCUT2D eigenvalue weighted by atomic mass is 15.3. The van der Waals surface area contributed by atoms with Gasteiger partial charge in [0.25, 0.3) is 0 Å². The monoisotopic (exact) mass is 558 g/mol. The lowest BCUT2D eigenvalue weighted by molar-refractivity contribution is 0.0336. The number of hydrogen-bond donors (Lipinski definition) is 1. The van der Waals surface area contributed by atoms with Crippen molar-refractivity contribution in [2.24, 2.45) is 11.3 Å². The van der Waals surface area contributed by atoms with Crippen LogP contribution in [0.1, 0.15) is 56.4 Å². The van der Waals surface area contributed by atoms with Crippen molar-refractivity contribution in [1.82, 2.24) is 24.9 Å². The van der Waals surface area contributed by atoms with E-state index >= 15 is 0 Å². The summed E-state index contributed by atoms with van der Waals surface area (Å²) in [6.45, 7) is 15.0. The Hall–Kier alpha value is -4.38. The summed E-state index contributed by atoms with van der Waals surface area (Å²) in [5.41, 5.74) is 7.98. The molecular formula is C34H38N8. The first kappa shape index (κ1) is 26.5. The van der Waals surface area contributed by atoms with Gasteiger partial charge in [-0.3, -0.25) is 4.98 Å². The highest BCUT2D eigenvalue weighted by Crippen LogP contribution is 2.53. The maximum Gasteiger partial charge on any atom is 0.128 e. The molecule has 7 rings (SSSR count). The van der Waals surface area contributed by atoms with Gasteiger partial charge in [0.2, 0.25) is 0 Å². The molecule has 2 saturated heterocycles. The Labute approximate surface area is 247 Å². The molecule has 42 heavy (non-hydrogen) atoms. The lowest BCUT2D eigenvalue weighted by atomic mass is 9.58. The SMILES string of the molecule is C=C(NC1(C)CCN(c2ccc(-c3cc(N4CC5(CC(C)C5)C4)cn4ncc(C#N)c34)cn2)CC1)c1ncccc1C. The van der Waals surface area contributed by atoms with Crippen LogP contribution in [0.4, 0.5) is 11.5 Å². The van der Waals surface area contributed by atoms with Gasteiger partial charge in [0, 0.05) is 60.7 Å². The Morgan fingerprint density at radius 3 is 2.55 bits per heavy atom. The van der Waals surface area contributed by atoms with Gasteiger partial charge in [0.05, 0.1) is 40.6 Å². The molecule has 6 heterocycles. The van der Waals surface area contributed by atoms with Crippen LogP contribution >= 0.6 is 0 Å². The summed E-state index contributed by atoms with van der Waals surface area (Å²) in [5.74, 6) is 1.82. The molecule has 3 fully saturated rings. The number of nitrogens with zero attached hydrogens (tertiary/aromatic N) is 7. The van der Waals surface area contributed by atoms with Crippen LogP contribution in [0, 0.1) is 29.6 Å². The zero-order valence-electron chi connectivity index (χ0n) is 24.8. The van der Waals surface area contributed by atoms with Crippen molar-refractivity contribution in [1.29, 1.82) is 5.26 Å². The van der Waals surface area contributed by atoms with Crippen LogP contribution in [0.3, 0.4) is 0 Å². The second-order valence-corrected chi connectivity index (χ2v) is 13.2. The lowest BCUT2D eigenvalue weighted by Gasteiger charge is -2.59. The van der Waals surface area contributed by atoms with Crippen LogP contribution < -0.4 is 15.1 Å². The third kappa shape index (κ3) is 4.57. The second-order valence-electron chi connectivity index (χ2n) is 13.2. The molecule has 0 radical (unpaired) electrons. The maximum atomic E-state index is 9.80. The number of aryl methyl sites for hydroxylation is 1. The van der Waals surface area contributed by atoms with E-state index in [1.165, 1.54) is 12.8 Å². The summed E-state index contributed by atoms with van der Waals surface area (Å²) in [5, 5.41) is 18.0. The van der Waals surface area contributed by atoms with E-state index in [0.29, 0.717) is 11.0 Å². The van der Waals surface area contributed by atoms with Gasteiger partial charge < -0.3 is 15.1 Å². The molecule has 1 aliphatic carbocycles. The molecular weight excluding hydrogens is 520 g/mol. The van der Waals surface area contributed by atoms with Crippen molar-refractivity contribution in [3.05, 3.63) is 78.5 Å². The lowest BCUT2D eigenvalue weighted by Crippen LogP contribution is -2.62. The van der Waals surface area contributed by atoms with Gasteiger partial charge in [-0.25, -0.2) is 9.50 Å². The number of pyridine rings is 3. The molecule has 0 unspecified atom stereocenters. The summed E-state index contributed by atoms with van der Waals surface area (Å²) in [4.78, 5) is 14.2. The summed E-state index contributed by atoms with van der Waals surface area (Å²) in [7, 11) is 0. The third-order valence-electron chi connectivity index (χ3n) is 9.70. The molecule has 0 bridgehead atoms. The van der Waals surface area contributed by atoms with Gasteiger partial charge >= 0.3 is 0 Å². The zero-order chi connectivity index (χ0) is 29.1. The van der Waals surface area contributed by atoms with Gasteiger partial charge in [-0.1, -0.05) is 19.6 Å². The van der Waals surface area contributed by atoms with Gasteiger partial charge in [-0.05, 0) is 75.3 Å². The highest BCUT2D eigenvalue weighted by Gasteiger charge is 2.50. The third-order valence-corrected chi connectivity index (χ3v) is 9.70. The summed E-state index contributed by atoms with van der Waals surface area (Å²) in [6.07, 6.45) is 12.1. The summed E-state index contributed by atoms with van der Waals surface area (Å²) in [6, 6.07) is 12.8. The standard InChI is InChI=1S/C34H38N8/c1-23-15-34(16-23)21-41(22-34)28-14-29(32-27(17-35)19-38-42(32)20-28)26-7-8-30(37-18-26)40-12-9-33(4,10-13-40)39-25(3)31-24(2)6-5-11-36-31/h5-8,11,14,18-20,23,39H,3,9-10,12-13,15-16,21-22H2,1-2,4H3. The Balaban J connectivity index is 1.08. The minimum Gasteiger partial charge on any atom is -0.378 e. The molecule has 8 heteroatoms. The number of anilines is 2. The summed E-state index contributed by atoms with van der Waals surface area (Å²) < 4.78 is 1.87. The summed E-state index contributed by atoms with van der Waals surface area (Å²) >= 11 is 0. The van der Waals surface area contributed by atoms with Crippen molar-refractivity contribution in [2.45, 2.75) is 52.0 Å². The van der Waals surface area contributed by atoms with E-state index in [4.69, 9.17) is 4.98 Å². The van der Waals surface area contributed by atoms with Gasteiger partial charge in [-0.2, -0.15) is 10.4 Å². The number of nitriles is 1. The number of nitrogens with one attached hydrogen (secondary N) is 1. The van der Waals surface area contributed by atoms with Gasteiger partial charge in [0.15, 0.2) is 0 Å². The molecule has 214 valence electrons. The van der Waals surface area contributed by atoms with Crippen LogP contribution in [-0.2, 0) is 0 Å². The van der Waals surface area contributed by atoms with Crippen LogP contribution in [0.5, 0.6) is 0 Å². The topological polar surface area (TPSA) is 85.4 Å². The maximum absolute atomic E-state index is 9.80. The van der Waals surface area contributed by atoms with Gasteiger partial charge in [-0.15, -0.1) is 0 Å². The zero-order valence-corrected chi connectivity index (χ0v) is 24.8. The largest absolute Gasteiger partial charge is 0.378 e. The molecule has 1 spiro atoms. The molecule has 2 aliphatic heterocycles. The predicted molar refractivity (Wildman–Crippen MR) is 167 cm³/mol. The fourth-order valence-corrected chi connectivity index (χ4v) is 7.52. The second kappa shape index (κ2) is 9.87. The van der Waals surface area contributed by atoms with Crippen molar-refractivity contribution in [3.63, 3.8) is 0 Å². The molecule has 4 aromatic rings. The first-order valence-corrected chi connectivity index (χ1v) is 15.0. The van der Waals surface area contributed by atoms with Crippen molar-refractivity contribution in [2.75, 3.05) is 36.0 Å². The fourth-order valence-electron chi connectivity index (χ4n) is 7.52. The Morgan fingerprint density at radius 1 is 1.10 bits per heavy atom. The van der Waals surface area contributed by atoms with E-state index in [9.17, 15) is 5.26 Å². The van der Waals surface area contributed by atoms with E-state index in [0.717, 1.165) is 90.0 Å². The Morgan fingerprint density at radius 2 is 1.88 bits per heavy atom. The molecule has 1 saturated carbocycles. The Bertz CT molecular complexity index is 1690. The number of rotatable bonds is 6. The minimum atomic E-state index is -0.0494. The molecule has 1 N–H and O–H groups in total. The quantitative estimate of drug-likeness (QED) is 0.319. The molecule has 8 nitrogen and oxygen atoms in total. The molecule has 4 aromatic heterocycles. The molecule has 0 amide bonds. The average Bonchev–Trinajstić information content (AvgIpc) is 3.37. The van der Waals surface area contributed by atoms with Crippen molar-refractivity contribution < 1.29 is 0 Å². The average molecular weight is 559 g/mol. The van der Waals surface area contributed by atoms with E-state index in [1.807, 2.05) is 23.0 Å². The highest BCUT2D eigenvalue weighted by molar-refractivity contribution is 5.86. The predicted octanol–water partition coefficient (Wildman–Crippen LogP) is 5.83. The van der Waals surface area contributed by atoms with Crippen LogP contribution in [0.2, 0.25) is 0 Å². The van der Waals surface area contributed by atoms with Crippen LogP contribution in [0.15, 0.2) is 61.7 Å². The van der Waals surface area contributed by atoms with Crippen LogP contribution in [-0.4, -0.2) is 51.3 Å². The number of piperidine rings is 1. The van der Waals surface area contributed by atoms with Crippen molar-refractivity contribution >= 4 is 22.7 Å². The smallest absolute Gasteiger partial charge is 0.128 e. The first-order chi connectivity index (χ1) is 20.2. The van der Waals surface area contributed by atoms with E-state index in [1.54, 1.807) is 6.20 Å². The van der Waals surface area contributed by atoms with Crippen molar-refractivity contribution in [3.8, 4) is 17.2 Å². The normalized spacial score (nSPS) is 19.3. The fraction of sp³-hybridized carbons (Fsp3) is 0.412. The molecule has 0 atom stereocenters. The number of aromatic nitrogens is 4. The van der Waals surface area contributed by atoms with E-state index in [-0.39, 0.29) is 5.54 Å². The van der Waals surface area contributed by atoms with Crippen LogP contribution in [0.25, 0.3) is 22.3 Å². The van der Waals surface area contributed by atoms with E-state index in [2.05, 4.69) is 89.1 Å². The first-order valence-electron chi connectivity index (χ1n) is 15.0. The number of hydrogen-bond acceptors (Lipinski definition) is 7. The molecule has 0 aromatic carbocycles. The number of fused-ring (bicyclic) bond motifs is 1. The molecule has 3 aliphatic rings. The van der Waals surface area contributed by atoms with Gasteiger partial charge in [0.1, 0.15) is 11.9 Å².